The SMILES string of the molecule is Nc1ncc(Sc2ccc(Br)cc2)c(NCCO)n1.Nc1ncc(Sc2ccc(Cl)cc2F)c(NCCO)n1. The maximum Gasteiger partial charge on any atom is 0.221 e. The number of nitrogens with two attached hydrogens (primary N) is 2. The molecule has 4 rings (SSSR count). The summed E-state index contributed by atoms with van der Waals surface area (Å²) in [6, 6.07) is 12.4. The lowest BCUT2D eigenvalue weighted by atomic mass is 10.3. The monoisotopic (exact) mass is 654 g/mol. The third-order valence-corrected chi connectivity index (χ3v) is 7.37. The molecule has 0 bridgehead atoms. The van der Waals surface area contributed by atoms with Crippen LogP contribution in [-0.2, 0) is 0 Å². The molecule has 2 heterocycles. The molecule has 0 aliphatic rings. The van der Waals surface area contributed by atoms with E-state index in [9.17, 15) is 4.39 Å². The number of halogens is 3. The lowest BCUT2D eigenvalue weighted by molar-refractivity contribution is 0.310. The van der Waals surface area contributed by atoms with Crippen LogP contribution in [0.3, 0.4) is 0 Å². The van der Waals surface area contributed by atoms with Crippen molar-refractivity contribution in [3.8, 4) is 0 Å². The average Bonchev–Trinajstić information content (AvgIpc) is 2.92. The van der Waals surface area contributed by atoms with Crippen molar-refractivity contribution in [1.82, 2.24) is 19.9 Å². The molecule has 4 aromatic rings. The van der Waals surface area contributed by atoms with Gasteiger partial charge in [-0.1, -0.05) is 51.1 Å². The molecule has 0 saturated heterocycles. The maximum absolute atomic E-state index is 13.8. The van der Waals surface area contributed by atoms with Crippen molar-refractivity contribution in [2.75, 3.05) is 48.4 Å². The average molecular weight is 656 g/mol. The first-order chi connectivity index (χ1) is 18.8. The second-order valence-corrected chi connectivity index (χ2v) is 11.0. The highest BCUT2D eigenvalue weighted by atomic mass is 79.9. The molecule has 0 atom stereocenters. The molecule has 8 N–H and O–H groups in total. The minimum atomic E-state index is -0.424. The van der Waals surface area contributed by atoms with Crippen LogP contribution in [0.25, 0.3) is 0 Å². The van der Waals surface area contributed by atoms with Gasteiger partial charge in [-0.2, -0.15) is 9.97 Å². The van der Waals surface area contributed by atoms with Gasteiger partial charge in [0.25, 0.3) is 0 Å². The van der Waals surface area contributed by atoms with E-state index >= 15 is 0 Å². The number of hydrogen-bond acceptors (Lipinski definition) is 12. The number of aromatic nitrogens is 4. The number of nitrogen functional groups attached to an aromatic ring is 2. The fourth-order valence-corrected chi connectivity index (χ4v) is 4.94. The van der Waals surface area contributed by atoms with Crippen molar-refractivity contribution in [3.63, 3.8) is 0 Å². The normalized spacial score (nSPS) is 10.5. The van der Waals surface area contributed by atoms with Gasteiger partial charge in [0.15, 0.2) is 0 Å². The molecule has 0 fully saturated rings. The third-order valence-electron chi connectivity index (χ3n) is 4.51. The number of aliphatic hydroxyl groups is 2. The maximum atomic E-state index is 13.8. The van der Waals surface area contributed by atoms with Gasteiger partial charge >= 0.3 is 0 Å². The van der Waals surface area contributed by atoms with E-state index in [0.29, 0.717) is 39.5 Å². The van der Waals surface area contributed by atoms with Gasteiger partial charge in [0.1, 0.15) is 17.5 Å². The van der Waals surface area contributed by atoms with Crippen LogP contribution in [0.15, 0.2) is 78.9 Å². The zero-order chi connectivity index (χ0) is 28.2. The van der Waals surface area contributed by atoms with Crippen molar-refractivity contribution in [1.29, 1.82) is 0 Å². The number of nitrogens with zero attached hydrogens (tertiary/aromatic N) is 4. The molecule has 2 aromatic heterocycles. The van der Waals surface area contributed by atoms with Gasteiger partial charge in [0.05, 0.1) is 23.0 Å². The van der Waals surface area contributed by atoms with E-state index in [2.05, 4.69) is 46.5 Å². The summed E-state index contributed by atoms with van der Waals surface area (Å²) in [5.74, 6) is 0.972. The fourth-order valence-electron chi connectivity index (χ4n) is 2.83. The Hall–Kier alpha value is -2.88. The molecule has 206 valence electrons. The molecular formula is C24H25BrClFN8O2S2. The summed E-state index contributed by atoms with van der Waals surface area (Å²) >= 11 is 11.8. The zero-order valence-corrected chi connectivity index (χ0v) is 24.3. The van der Waals surface area contributed by atoms with Crippen LogP contribution in [0.2, 0.25) is 5.02 Å². The first-order valence-corrected chi connectivity index (χ1v) is 14.1. The van der Waals surface area contributed by atoms with E-state index in [0.717, 1.165) is 26.0 Å². The predicted octanol–water partition coefficient (Wildman–Crippen LogP) is 4.78. The second kappa shape index (κ2) is 15.6. The number of benzene rings is 2. The molecule has 0 amide bonds. The van der Waals surface area contributed by atoms with Crippen LogP contribution in [0, 0.1) is 5.82 Å². The standard InChI is InChI=1S/C12H13BrN4OS.C12H12ClFN4OS/c13-8-1-3-9(4-2-8)19-10-7-16-12(14)17-11(10)15-5-6-18;13-7-1-2-9(8(14)5-7)20-10-6-17-12(15)18-11(10)16-3-4-19/h1-4,7,18H,5-6H2,(H3,14,15,16,17);1-2,5-6,19H,3-4H2,(H3,15,16,17,18). The molecule has 0 spiro atoms. The number of rotatable bonds is 10. The predicted molar refractivity (Wildman–Crippen MR) is 158 cm³/mol. The highest BCUT2D eigenvalue weighted by molar-refractivity contribution is 9.10. The summed E-state index contributed by atoms with van der Waals surface area (Å²) in [5, 5.41) is 24.0. The van der Waals surface area contributed by atoms with Crippen molar-refractivity contribution < 1.29 is 14.6 Å². The first-order valence-electron chi connectivity index (χ1n) is 11.3. The van der Waals surface area contributed by atoms with Gasteiger partial charge < -0.3 is 32.3 Å². The van der Waals surface area contributed by atoms with Gasteiger partial charge in [-0.3, -0.25) is 0 Å². The summed E-state index contributed by atoms with van der Waals surface area (Å²) in [4.78, 5) is 19.0. The van der Waals surface area contributed by atoms with Crippen molar-refractivity contribution in [3.05, 3.63) is 70.2 Å². The summed E-state index contributed by atoms with van der Waals surface area (Å²) in [5.41, 5.74) is 11.1. The molecule has 10 nitrogen and oxygen atoms in total. The van der Waals surface area contributed by atoms with Crippen LogP contribution in [0.4, 0.5) is 27.9 Å². The van der Waals surface area contributed by atoms with Crippen LogP contribution in [0.5, 0.6) is 0 Å². The topological polar surface area (TPSA) is 168 Å². The van der Waals surface area contributed by atoms with Crippen molar-refractivity contribution in [2.24, 2.45) is 0 Å². The molecule has 15 heteroatoms. The molecule has 2 aromatic carbocycles. The Labute approximate surface area is 246 Å². The van der Waals surface area contributed by atoms with E-state index in [1.807, 2.05) is 24.3 Å². The van der Waals surface area contributed by atoms with E-state index < -0.39 is 5.82 Å². The number of aliphatic hydroxyl groups excluding tert-OH is 2. The Balaban J connectivity index is 0.000000216. The largest absolute Gasteiger partial charge is 0.395 e. The molecule has 0 saturated carbocycles. The summed E-state index contributed by atoms with van der Waals surface area (Å²) < 4.78 is 14.8. The molecular weight excluding hydrogens is 631 g/mol. The first kappa shape index (κ1) is 30.7. The van der Waals surface area contributed by atoms with E-state index in [4.69, 9.17) is 33.3 Å². The van der Waals surface area contributed by atoms with Gasteiger partial charge in [0, 0.05) is 44.8 Å². The Morgan fingerprint density at radius 2 is 1.36 bits per heavy atom. The quantitative estimate of drug-likeness (QED) is 0.139. The molecule has 0 unspecified atom stereocenters. The van der Waals surface area contributed by atoms with Gasteiger partial charge in [-0.15, -0.1) is 0 Å². The summed E-state index contributed by atoms with van der Waals surface area (Å²) in [6.45, 7) is 0.715. The van der Waals surface area contributed by atoms with Crippen molar-refractivity contribution in [2.45, 2.75) is 19.6 Å². The number of anilines is 4. The minimum Gasteiger partial charge on any atom is -0.395 e. The van der Waals surface area contributed by atoms with E-state index in [1.165, 1.54) is 24.0 Å². The molecule has 0 aliphatic carbocycles. The van der Waals surface area contributed by atoms with E-state index in [1.54, 1.807) is 18.3 Å². The van der Waals surface area contributed by atoms with Gasteiger partial charge in [-0.05, 0) is 42.5 Å². The Bertz CT molecular complexity index is 1370. The van der Waals surface area contributed by atoms with Crippen LogP contribution in [-0.4, -0.2) is 56.5 Å². The van der Waals surface area contributed by atoms with Gasteiger partial charge in [0.2, 0.25) is 11.9 Å². The highest BCUT2D eigenvalue weighted by Crippen LogP contribution is 2.35. The Morgan fingerprint density at radius 3 is 1.87 bits per heavy atom. The van der Waals surface area contributed by atoms with Gasteiger partial charge in [-0.25, -0.2) is 14.4 Å². The minimum absolute atomic E-state index is 0.0340. The van der Waals surface area contributed by atoms with Crippen molar-refractivity contribution >= 4 is 74.6 Å². The highest BCUT2D eigenvalue weighted by Gasteiger charge is 2.11. The second-order valence-electron chi connectivity index (χ2n) is 7.42. The van der Waals surface area contributed by atoms with Crippen LogP contribution < -0.4 is 22.1 Å². The van der Waals surface area contributed by atoms with E-state index in [-0.39, 0.29) is 25.1 Å². The number of hydrogen-bond donors (Lipinski definition) is 6. The fraction of sp³-hybridized carbons (Fsp3) is 0.167. The van der Waals surface area contributed by atoms with Crippen LogP contribution >= 0.6 is 51.1 Å². The van der Waals surface area contributed by atoms with Crippen LogP contribution in [0.1, 0.15) is 0 Å². The lowest BCUT2D eigenvalue weighted by Crippen LogP contribution is -2.09. The lowest BCUT2D eigenvalue weighted by Gasteiger charge is -2.10. The Kier molecular flexibility index (Phi) is 12.3. The molecule has 0 radical (unpaired) electrons. The summed E-state index contributed by atoms with van der Waals surface area (Å²) in [7, 11) is 0. The zero-order valence-electron chi connectivity index (χ0n) is 20.3. The molecule has 0 aliphatic heterocycles. The number of nitrogens with one attached hydrogen (secondary N) is 2. The molecule has 39 heavy (non-hydrogen) atoms. The Morgan fingerprint density at radius 1 is 0.821 bits per heavy atom. The summed E-state index contributed by atoms with van der Waals surface area (Å²) in [6.07, 6.45) is 3.18. The smallest absolute Gasteiger partial charge is 0.221 e. The third kappa shape index (κ3) is 9.98.